The number of thioether (sulfide) groups is 1. The maximum absolute atomic E-state index is 2.22. The average molecular weight is 170 g/mol. The Morgan fingerprint density at radius 1 is 0.818 bits per heavy atom. The molecule has 0 heterocycles. The van der Waals surface area contributed by atoms with Crippen LogP contribution in [0.2, 0.25) is 0 Å². The summed E-state index contributed by atoms with van der Waals surface area (Å²) in [5.74, 6) is 5.16. The second-order valence-electron chi connectivity index (χ2n) is 4.13. The summed E-state index contributed by atoms with van der Waals surface area (Å²) in [6.07, 6.45) is 9.12. The van der Waals surface area contributed by atoms with Crippen LogP contribution in [-0.2, 0) is 0 Å². The Kier molecular flexibility index (Phi) is 2.78. The first-order valence-corrected chi connectivity index (χ1v) is 6.18. The SMILES string of the molecule is C1CCC(CSCC2CC2)C1. The second-order valence-corrected chi connectivity index (χ2v) is 5.21. The number of hydrogen-bond acceptors (Lipinski definition) is 1. The van der Waals surface area contributed by atoms with Gasteiger partial charge < -0.3 is 0 Å². The Hall–Kier alpha value is 0.350. The molecule has 0 nitrogen and oxygen atoms in total. The van der Waals surface area contributed by atoms with Crippen LogP contribution in [0.1, 0.15) is 38.5 Å². The Morgan fingerprint density at radius 2 is 1.36 bits per heavy atom. The van der Waals surface area contributed by atoms with Gasteiger partial charge in [0.05, 0.1) is 0 Å². The lowest BCUT2D eigenvalue weighted by atomic mass is 10.1. The van der Waals surface area contributed by atoms with Crippen LogP contribution in [0.4, 0.5) is 0 Å². The van der Waals surface area contributed by atoms with Crippen molar-refractivity contribution in [2.75, 3.05) is 11.5 Å². The van der Waals surface area contributed by atoms with Gasteiger partial charge in [0.25, 0.3) is 0 Å². The fourth-order valence-corrected chi connectivity index (χ4v) is 3.33. The van der Waals surface area contributed by atoms with Crippen LogP contribution >= 0.6 is 11.8 Å². The standard InChI is InChI=1S/C10H18S/c1-2-4-9(3-1)7-11-8-10-5-6-10/h9-10H,1-8H2. The van der Waals surface area contributed by atoms with Gasteiger partial charge in [-0.3, -0.25) is 0 Å². The summed E-state index contributed by atoms with van der Waals surface area (Å²) >= 11 is 2.22. The van der Waals surface area contributed by atoms with E-state index in [1.54, 1.807) is 0 Å². The number of rotatable bonds is 4. The molecule has 1 heteroatoms. The summed E-state index contributed by atoms with van der Waals surface area (Å²) < 4.78 is 0. The summed E-state index contributed by atoms with van der Waals surface area (Å²) in [4.78, 5) is 0. The van der Waals surface area contributed by atoms with Crippen molar-refractivity contribution in [3.8, 4) is 0 Å². The van der Waals surface area contributed by atoms with Crippen molar-refractivity contribution in [2.45, 2.75) is 38.5 Å². The molecule has 2 aliphatic carbocycles. The molecule has 0 spiro atoms. The fourth-order valence-electron chi connectivity index (χ4n) is 1.86. The van der Waals surface area contributed by atoms with Gasteiger partial charge in [0.1, 0.15) is 0 Å². The molecule has 0 amide bonds. The molecular weight excluding hydrogens is 152 g/mol. The zero-order chi connectivity index (χ0) is 7.52. The molecule has 0 N–H and O–H groups in total. The molecule has 2 fully saturated rings. The van der Waals surface area contributed by atoms with Crippen molar-refractivity contribution in [2.24, 2.45) is 11.8 Å². The van der Waals surface area contributed by atoms with E-state index in [4.69, 9.17) is 0 Å². The van der Waals surface area contributed by atoms with E-state index in [-0.39, 0.29) is 0 Å². The first-order chi connectivity index (χ1) is 5.45. The van der Waals surface area contributed by atoms with Gasteiger partial charge in [0.2, 0.25) is 0 Å². The quantitative estimate of drug-likeness (QED) is 0.623. The smallest absolute Gasteiger partial charge is 0.00390 e. The lowest BCUT2D eigenvalue weighted by molar-refractivity contribution is 0.623. The monoisotopic (exact) mass is 170 g/mol. The lowest BCUT2D eigenvalue weighted by Crippen LogP contribution is -1.97. The van der Waals surface area contributed by atoms with Crippen molar-refractivity contribution in [1.82, 2.24) is 0 Å². The normalized spacial score (nSPS) is 26.2. The highest BCUT2D eigenvalue weighted by Crippen LogP contribution is 2.34. The van der Waals surface area contributed by atoms with E-state index in [2.05, 4.69) is 11.8 Å². The molecule has 2 aliphatic rings. The molecule has 0 aromatic heterocycles. The molecule has 0 aromatic carbocycles. The molecule has 0 atom stereocenters. The van der Waals surface area contributed by atoms with Gasteiger partial charge in [-0.15, -0.1) is 0 Å². The summed E-state index contributed by atoms with van der Waals surface area (Å²) in [6, 6.07) is 0. The van der Waals surface area contributed by atoms with Crippen LogP contribution in [0.25, 0.3) is 0 Å². The van der Waals surface area contributed by atoms with E-state index in [1.165, 1.54) is 50.0 Å². The molecule has 0 radical (unpaired) electrons. The van der Waals surface area contributed by atoms with Crippen molar-refractivity contribution in [3.05, 3.63) is 0 Å². The van der Waals surface area contributed by atoms with Gasteiger partial charge in [-0.2, -0.15) is 11.8 Å². The summed E-state index contributed by atoms with van der Waals surface area (Å²) in [6.45, 7) is 0. The molecule has 0 aromatic rings. The van der Waals surface area contributed by atoms with Crippen LogP contribution in [0.15, 0.2) is 0 Å². The first-order valence-electron chi connectivity index (χ1n) is 5.03. The maximum Gasteiger partial charge on any atom is -0.00390 e. The van der Waals surface area contributed by atoms with Gasteiger partial charge in [-0.05, 0) is 49.0 Å². The minimum Gasteiger partial charge on any atom is -0.161 e. The minimum absolute atomic E-state index is 1.10. The summed E-state index contributed by atoms with van der Waals surface area (Å²) in [5.41, 5.74) is 0. The van der Waals surface area contributed by atoms with Crippen molar-refractivity contribution >= 4 is 11.8 Å². The second kappa shape index (κ2) is 3.84. The predicted molar refractivity (Wildman–Crippen MR) is 52.0 cm³/mol. The Labute approximate surface area is 74.1 Å². The van der Waals surface area contributed by atoms with E-state index < -0.39 is 0 Å². The maximum atomic E-state index is 2.22. The third-order valence-corrected chi connectivity index (χ3v) is 4.29. The minimum atomic E-state index is 1.10. The van der Waals surface area contributed by atoms with Crippen molar-refractivity contribution < 1.29 is 0 Å². The zero-order valence-electron chi connectivity index (χ0n) is 7.22. The summed E-state index contributed by atoms with van der Waals surface area (Å²) in [7, 11) is 0. The molecule has 0 unspecified atom stereocenters. The zero-order valence-corrected chi connectivity index (χ0v) is 8.04. The third kappa shape index (κ3) is 2.70. The molecule has 2 rings (SSSR count). The van der Waals surface area contributed by atoms with E-state index in [0.717, 1.165) is 11.8 Å². The first kappa shape index (κ1) is 7.97. The predicted octanol–water partition coefficient (Wildman–Crippen LogP) is 3.32. The van der Waals surface area contributed by atoms with Crippen LogP contribution in [0, 0.1) is 11.8 Å². The molecular formula is C10H18S. The van der Waals surface area contributed by atoms with E-state index in [0.29, 0.717) is 0 Å². The Morgan fingerprint density at radius 3 is 1.91 bits per heavy atom. The van der Waals surface area contributed by atoms with Crippen molar-refractivity contribution in [1.29, 1.82) is 0 Å². The molecule has 0 aliphatic heterocycles. The lowest BCUT2D eigenvalue weighted by Gasteiger charge is -2.06. The third-order valence-electron chi connectivity index (χ3n) is 2.88. The van der Waals surface area contributed by atoms with Crippen LogP contribution < -0.4 is 0 Å². The van der Waals surface area contributed by atoms with Crippen LogP contribution in [0.5, 0.6) is 0 Å². The molecule has 64 valence electrons. The Balaban J connectivity index is 1.51. The van der Waals surface area contributed by atoms with Crippen molar-refractivity contribution in [3.63, 3.8) is 0 Å². The molecule has 11 heavy (non-hydrogen) atoms. The van der Waals surface area contributed by atoms with Gasteiger partial charge in [0.15, 0.2) is 0 Å². The highest BCUT2D eigenvalue weighted by molar-refractivity contribution is 7.99. The van der Waals surface area contributed by atoms with Gasteiger partial charge in [-0.25, -0.2) is 0 Å². The van der Waals surface area contributed by atoms with Gasteiger partial charge in [-0.1, -0.05) is 12.8 Å². The number of hydrogen-bond donors (Lipinski definition) is 0. The molecule has 0 bridgehead atoms. The largest absolute Gasteiger partial charge is 0.161 e. The highest BCUT2D eigenvalue weighted by Gasteiger charge is 2.22. The average Bonchev–Trinajstić information content (AvgIpc) is 2.66. The van der Waals surface area contributed by atoms with Crippen LogP contribution in [-0.4, -0.2) is 11.5 Å². The van der Waals surface area contributed by atoms with Gasteiger partial charge in [0, 0.05) is 0 Å². The molecule has 2 saturated carbocycles. The highest BCUT2D eigenvalue weighted by atomic mass is 32.2. The topological polar surface area (TPSA) is 0 Å². The van der Waals surface area contributed by atoms with Crippen LogP contribution in [0.3, 0.4) is 0 Å². The Bertz CT molecular complexity index is 112. The van der Waals surface area contributed by atoms with E-state index >= 15 is 0 Å². The molecule has 0 saturated heterocycles. The van der Waals surface area contributed by atoms with E-state index in [9.17, 15) is 0 Å². The summed E-state index contributed by atoms with van der Waals surface area (Å²) in [5, 5.41) is 0. The van der Waals surface area contributed by atoms with Gasteiger partial charge >= 0.3 is 0 Å². The van der Waals surface area contributed by atoms with E-state index in [1.807, 2.05) is 0 Å². The fraction of sp³-hybridized carbons (Fsp3) is 1.00.